The second-order valence-corrected chi connectivity index (χ2v) is 4.34. The summed E-state index contributed by atoms with van der Waals surface area (Å²) < 4.78 is 0. The zero-order valence-corrected chi connectivity index (χ0v) is 10.1. The van der Waals surface area contributed by atoms with E-state index in [-0.39, 0.29) is 23.2 Å². The molecule has 0 aliphatic rings. The van der Waals surface area contributed by atoms with Gasteiger partial charge in [0.2, 0.25) is 0 Å². The summed E-state index contributed by atoms with van der Waals surface area (Å²) in [6.45, 7) is 4.51. The lowest BCUT2D eigenvalue weighted by Crippen LogP contribution is -2.41. The van der Waals surface area contributed by atoms with Crippen LogP contribution in [0.4, 0.5) is 0 Å². The van der Waals surface area contributed by atoms with Gasteiger partial charge in [0.05, 0.1) is 0 Å². The van der Waals surface area contributed by atoms with Crippen molar-refractivity contribution >= 4 is 5.91 Å². The maximum Gasteiger partial charge on any atom is 0.271 e. The van der Waals surface area contributed by atoms with Crippen molar-refractivity contribution in [2.45, 2.75) is 26.3 Å². The molecule has 1 heterocycles. The summed E-state index contributed by atoms with van der Waals surface area (Å²) >= 11 is 0. The summed E-state index contributed by atoms with van der Waals surface area (Å²) in [6.07, 6.45) is 0.811. The average molecular weight is 238 g/mol. The Morgan fingerprint density at radius 2 is 2.24 bits per heavy atom. The number of H-pyrrole nitrogens is 1. The van der Waals surface area contributed by atoms with Gasteiger partial charge in [0.25, 0.3) is 11.5 Å². The Hall–Kier alpha value is -1.69. The van der Waals surface area contributed by atoms with Gasteiger partial charge in [-0.2, -0.15) is 5.10 Å². The second-order valence-electron chi connectivity index (χ2n) is 4.34. The molecule has 0 saturated heterocycles. The molecule has 1 aromatic heterocycles. The van der Waals surface area contributed by atoms with E-state index in [4.69, 9.17) is 5.73 Å². The maximum absolute atomic E-state index is 11.8. The van der Waals surface area contributed by atoms with E-state index >= 15 is 0 Å². The smallest absolute Gasteiger partial charge is 0.271 e. The molecule has 1 unspecified atom stereocenters. The number of nitrogens with one attached hydrogen (secondary N) is 2. The zero-order chi connectivity index (χ0) is 12.8. The molecule has 94 valence electrons. The van der Waals surface area contributed by atoms with Crippen molar-refractivity contribution in [3.05, 3.63) is 28.2 Å². The summed E-state index contributed by atoms with van der Waals surface area (Å²) in [5.74, 6) is 0.129. The van der Waals surface area contributed by atoms with Crippen molar-refractivity contribution in [3.63, 3.8) is 0 Å². The first kappa shape index (κ1) is 13.4. The minimum absolute atomic E-state index is 0.0729. The number of carbonyl (C=O) groups excluding carboxylic acids is 1. The first-order chi connectivity index (χ1) is 8.02. The molecule has 1 atom stereocenters. The van der Waals surface area contributed by atoms with Gasteiger partial charge in [-0.15, -0.1) is 0 Å². The van der Waals surface area contributed by atoms with Crippen LogP contribution >= 0.6 is 0 Å². The fourth-order valence-corrected chi connectivity index (χ4v) is 1.51. The summed E-state index contributed by atoms with van der Waals surface area (Å²) in [5.41, 5.74) is 5.43. The van der Waals surface area contributed by atoms with E-state index in [1.165, 1.54) is 12.1 Å². The van der Waals surface area contributed by atoms with Crippen LogP contribution in [-0.4, -0.2) is 28.7 Å². The fourth-order valence-electron chi connectivity index (χ4n) is 1.51. The molecule has 0 fully saturated rings. The van der Waals surface area contributed by atoms with Crippen molar-refractivity contribution < 1.29 is 4.79 Å². The van der Waals surface area contributed by atoms with Crippen LogP contribution in [0.3, 0.4) is 0 Å². The van der Waals surface area contributed by atoms with Crippen molar-refractivity contribution in [1.29, 1.82) is 0 Å². The highest BCUT2D eigenvalue weighted by molar-refractivity contribution is 5.92. The quantitative estimate of drug-likeness (QED) is 0.665. The standard InChI is InChI=1S/C11H18N4O2/c1-7(2)5-8(6-12)13-11(17)9-3-4-10(16)15-14-9/h3-4,7-8H,5-6,12H2,1-2H3,(H,13,17)(H,15,16). The van der Waals surface area contributed by atoms with Gasteiger partial charge in [-0.1, -0.05) is 13.8 Å². The molecule has 6 heteroatoms. The van der Waals surface area contributed by atoms with Gasteiger partial charge in [-0.05, 0) is 18.4 Å². The third-order valence-electron chi connectivity index (χ3n) is 2.29. The maximum atomic E-state index is 11.8. The van der Waals surface area contributed by atoms with Crippen molar-refractivity contribution in [1.82, 2.24) is 15.5 Å². The summed E-state index contributed by atoms with van der Waals surface area (Å²) in [7, 11) is 0. The highest BCUT2D eigenvalue weighted by Gasteiger charge is 2.14. The van der Waals surface area contributed by atoms with Crippen LogP contribution in [0.5, 0.6) is 0 Å². The third-order valence-corrected chi connectivity index (χ3v) is 2.29. The molecular weight excluding hydrogens is 220 g/mol. The number of aromatic nitrogens is 2. The third kappa shape index (κ3) is 4.36. The number of nitrogens with zero attached hydrogens (tertiary/aromatic N) is 1. The Morgan fingerprint density at radius 1 is 1.53 bits per heavy atom. The highest BCUT2D eigenvalue weighted by Crippen LogP contribution is 2.04. The molecule has 0 aliphatic heterocycles. The van der Waals surface area contributed by atoms with Crippen molar-refractivity contribution in [3.8, 4) is 0 Å². The Morgan fingerprint density at radius 3 is 2.71 bits per heavy atom. The lowest BCUT2D eigenvalue weighted by atomic mass is 10.0. The van der Waals surface area contributed by atoms with E-state index in [0.29, 0.717) is 12.5 Å². The molecule has 1 rings (SSSR count). The van der Waals surface area contributed by atoms with Crippen molar-refractivity contribution in [2.24, 2.45) is 11.7 Å². The normalized spacial score (nSPS) is 12.5. The molecule has 0 saturated carbocycles. The van der Waals surface area contributed by atoms with Gasteiger partial charge in [0, 0.05) is 18.7 Å². The molecule has 4 N–H and O–H groups in total. The van der Waals surface area contributed by atoms with Crippen LogP contribution in [0.2, 0.25) is 0 Å². The molecule has 1 aromatic rings. The molecule has 0 spiro atoms. The molecule has 0 bridgehead atoms. The van der Waals surface area contributed by atoms with Gasteiger partial charge in [-0.3, -0.25) is 9.59 Å². The molecule has 17 heavy (non-hydrogen) atoms. The van der Waals surface area contributed by atoms with Gasteiger partial charge in [-0.25, -0.2) is 5.10 Å². The predicted molar refractivity (Wildman–Crippen MR) is 64.6 cm³/mol. The van der Waals surface area contributed by atoms with Crippen LogP contribution in [0.1, 0.15) is 30.8 Å². The molecule has 0 aliphatic carbocycles. The van der Waals surface area contributed by atoms with E-state index in [0.717, 1.165) is 6.42 Å². The number of carbonyl (C=O) groups is 1. The summed E-state index contributed by atoms with van der Waals surface area (Å²) in [4.78, 5) is 22.6. The first-order valence-electron chi connectivity index (χ1n) is 5.59. The van der Waals surface area contributed by atoms with E-state index in [1.807, 2.05) is 0 Å². The Kier molecular flexibility index (Phi) is 4.84. The lowest BCUT2D eigenvalue weighted by molar-refractivity contribution is 0.0927. The van der Waals surface area contributed by atoms with E-state index in [9.17, 15) is 9.59 Å². The lowest BCUT2D eigenvalue weighted by Gasteiger charge is -2.18. The monoisotopic (exact) mass is 238 g/mol. The summed E-state index contributed by atoms with van der Waals surface area (Å²) in [6, 6.07) is 2.58. The number of aromatic amines is 1. The number of nitrogens with two attached hydrogens (primary N) is 1. The van der Waals surface area contributed by atoms with Gasteiger partial charge in [0.1, 0.15) is 5.69 Å². The minimum Gasteiger partial charge on any atom is -0.347 e. The molecular formula is C11H18N4O2. The summed E-state index contributed by atoms with van der Waals surface area (Å²) in [5, 5.41) is 8.65. The Balaban J connectivity index is 2.64. The Labute approximate surface area is 99.6 Å². The van der Waals surface area contributed by atoms with E-state index < -0.39 is 0 Å². The molecule has 0 radical (unpaired) electrons. The second kappa shape index (κ2) is 6.15. The van der Waals surface area contributed by atoms with Gasteiger partial charge in [0.15, 0.2) is 0 Å². The predicted octanol–water partition coefficient (Wildman–Crippen LogP) is -0.127. The zero-order valence-electron chi connectivity index (χ0n) is 10.1. The first-order valence-corrected chi connectivity index (χ1v) is 5.59. The van der Waals surface area contributed by atoms with Gasteiger partial charge < -0.3 is 11.1 Å². The SMILES string of the molecule is CC(C)CC(CN)NC(=O)c1ccc(=O)[nH]n1. The van der Waals surface area contributed by atoms with Crippen molar-refractivity contribution in [2.75, 3.05) is 6.54 Å². The topological polar surface area (TPSA) is 101 Å². The number of hydrogen-bond acceptors (Lipinski definition) is 4. The minimum atomic E-state index is -0.334. The van der Waals surface area contributed by atoms with E-state index in [2.05, 4.69) is 29.4 Å². The molecule has 0 aromatic carbocycles. The number of hydrogen-bond donors (Lipinski definition) is 3. The van der Waals surface area contributed by atoms with Crippen LogP contribution < -0.4 is 16.6 Å². The number of amides is 1. The van der Waals surface area contributed by atoms with Crippen LogP contribution in [0.25, 0.3) is 0 Å². The largest absolute Gasteiger partial charge is 0.347 e. The fraction of sp³-hybridized carbons (Fsp3) is 0.545. The van der Waals surface area contributed by atoms with Crippen LogP contribution in [0, 0.1) is 5.92 Å². The van der Waals surface area contributed by atoms with Gasteiger partial charge >= 0.3 is 0 Å². The number of rotatable bonds is 5. The van der Waals surface area contributed by atoms with Crippen LogP contribution in [-0.2, 0) is 0 Å². The van der Waals surface area contributed by atoms with Crippen LogP contribution in [0.15, 0.2) is 16.9 Å². The molecule has 6 nitrogen and oxygen atoms in total. The highest BCUT2D eigenvalue weighted by atomic mass is 16.2. The van der Waals surface area contributed by atoms with E-state index in [1.54, 1.807) is 0 Å². The molecule has 1 amide bonds. The Bertz CT molecular complexity index is 407. The average Bonchev–Trinajstić information content (AvgIpc) is 2.28.